The molecule has 29 heavy (non-hydrogen) atoms. The van der Waals surface area contributed by atoms with Crippen LogP contribution in [0.4, 0.5) is 16.4 Å². The Labute approximate surface area is 166 Å². The van der Waals surface area contributed by atoms with Crippen LogP contribution in [0.2, 0.25) is 0 Å². The highest BCUT2D eigenvalue weighted by atomic mass is 16.5. The van der Waals surface area contributed by atoms with E-state index in [0.717, 1.165) is 5.56 Å². The Morgan fingerprint density at radius 3 is 2.79 bits per heavy atom. The fourth-order valence-corrected chi connectivity index (χ4v) is 2.30. The average molecular weight is 399 g/mol. The van der Waals surface area contributed by atoms with Crippen LogP contribution in [0.15, 0.2) is 23.1 Å². The van der Waals surface area contributed by atoms with Crippen LogP contribution >= 0.6 is 0 Å². The molecular weight excluding hydrogens is 378 g/mol. The van der Waals surface area contributed by atoms with Crippen LogP contribution in [0.5, 0.6) is 0 Å². The molecule has 0 saturated heterocycles. The minimum atomic E-state index is -0.874. The van der Waals surface area contributed by atoms with Crippen molar-refractivity contribution in [2.75, 3.05) is 17.8 Å². The molecule has 0 atom stereocenters. The molecule has 2 heterocycles. The van der Waals surface area contributed by atoms with E-state index < -0.39 is 11.7 Å². The number of terminal acetylenes is 1. The van der Waals surface area contributed by atoms with Crippen molar-refractivity contribution >= 4 is 23.6 Å². The Kier molecular flexibility index (Phi) is 7.14. The van der Waals surface area contributed by atoms with Crippen LogP contribution in [-0.2, 0) is 22.6 Å². The highest BCUT2D eigenvalue weighted by Gasteiger charge is 2.13. The van der Waals surface area contributed by atoms with Crippen molar-refractivity contribution in [3.8, 4) is 12.3 Å². The summed E-state index contributed by atoms with van der Waals surface area (Å²) in [5.74, 6) is 1.96. The Hall–Kier alpha value is -4.07. The molecule has 0 aliphatic carbocycles. The number of rotatable bonds is 7. The number of carbonyl (C=O) groups excluding carboxylic acids is 2. The molecule has 0 aromatic carbocycles. The third kappa shape index (κ3) is 5.96. The molecule has 0 spiro atoms. The zero-order valence-corrected chi connectivity index (χ0v) is 16.0. The lowest BCUT2D eigenvalue weighted by Crippen LogP contribution is -2.38. The van der Waals surface area contributed by atoms with Crippen molar-refractivity contribution in [2.24, 2.45) is 0 Å². The molecule has 2 aromatic rings. The highest BCUT2D eigenvalue weighted by molar-refractivity contribution is 5.76. The van der Waals surface area contributed by atoms with Gasteiger partial charge in [-0.3, -0.25) is 19.6 Å². The summed E-state index contributed by atoms with van der Waals surface area (Å²) < 4.78 is 5.82. The van der Waals surface area contributed by atoms with Gasteiger partial charge in [-0.25, -0.2) is 20.2 Å². The first kappa shape index (κ1) is 21.2. The number of ether oxygens (including phenoxy) is 1. The predicted molar refractivity (Wildman–Crippen MR) is 105 cm³/mol. The summed E-state index contributed by atoms with van der Waals surface area (Å²) in [5.41, 5.74) is 11.5. The number of nitrogen functional groups attached to an aromatic ring is 1. The fourth-order valence-electron chi connectivity index (χ4n) is 2.30. The molecule has 2 aromatic heterocycles. The Morgan fingerprint density at radius 2 is 2.10 bits per heavy atom. The maximum Gasteiger partial charge on any atom is 0.426 e. The summed E-state index contributed by atoms with van der Waals surface area (Å²) in [5, 5.41) is 2.73. The first-order valence-corrected chi connectivity index (χ1v) is 8.49. The zero-order chi connectivity index (χ0) is 21.4. The van der Waals surface area contributed by atoms with Gasteiger partial charge in [0.05, 0.1) is 0 Å². The van der Waals surface area contributed by atoms with Crippen LogP contribution in [0.3, 0.4) is 0 Å². The average Bonchev–Trinajstić information content (AvgIpc) is 2.68. The van der Waals surface area contributed by atoms with Crippen molar-refractivity contribution in [1.29, 1.82) is 0 Å². The SMILES string of the molecule is C#CCOC(=O)NNc1ncc(C)n(CC(=O)NCc2ccc(N)nc2C)c1=O. The van der Waals surface area contributed by atoms with Crippen molar-refractivity contribution in [1.82, 2.24) is 25.3 Å². The third-order valence-electron chi connectivity index (χ3n) is 3.82. The number of amides is 2. The van der Waals surface area contributed by atoms with Gasteiger partial charge in [-0.15, -0.1) is 6.42 Å². The Morgan fingerprint density at radius 1 is 1.34 bits per heavy atom. The van der Waals surface area contributed by atoms with Crippen molar-refractivity contribution in [2.45, 2.75) is 26.9 Å². The summed E-state index contributed by atoms with van der Waals surface area (Å²) in [6, 6.07) is 3.42. The number of aryl methyl sites for hydroxylation is 2. The van der Waals surface area contributed by atoms with Gasteiger partial charge in [-0.05, 0) is 25.5 Å². The van der Waals surface area contributed by atoms with E-state index >= 15 is 0 Å². The van der Waals surface area contributed by atoms with E-state index in [-0.39, 0.29) is 31.4 Å². The van der Waals surface area contributed by atoms with Gasteiger partial charge in [0.15, 0.2) is 6.61 Å². The van der Waals surface area contributed by atoms with Crippen molar-refractivity contribution in [3.63, 3.8) is 0 Å². The number of nitrogens with zero attached hydrogens (tertiary/aromatic N) is 3. The molecule has 0 aliphatic heterocycles. The van der Waals surface area contributed by atoms with Gasteiger partial charge < -0.3 is 15.8 Å². The molecule has 0 saturated carbocycles. The largest absolute Gasteiger partial charge is 0.435 e. The van der Waals surface area contributed by atoms with E-state index in [2.05, 4.69) is 36.8 Å². The number of pyridine rings is 1. The molecule has 2 amide bonds. The van der Waals surface area contributed by atoms with Gasteiger partial charge in [0, 0.05) is 24.1 Å². The number of hydrogen-bond acceptors (Lipinski definition) is 8. The maximum absolute atomic E-state index is 12.5. The van der Waals surface area contributed by atoms with Crippen LogP contribution in [-0.4, -0.2) is 33.1 Å². The first-order chi connectivity index (χ1) is 13.8. The molecule has 11 nitrogen and oxygen atoms in total. The standard InChI is InChI=1S/C18H21N7O4/c1-4-7-29-18(28)24-23-16-17(27)25(11(2)8-21-16)10-15(26)20-9-13-5-6-14(19)22-12(13)3/h1,5-6,8H,7,9-10H2,2-3H3,(H2,19,22)(H,20,26)(H,21,23)(H,24,28). The fraction of sp³-hybridized carbons (Fsp3) is 0.278. The van der Waals surface area contributed by atoms with Gasteiger partial charge >= 0.3 is 6.09 Å². The van der Waals surface area contributed by atoms with Gasteiger partial charge in [0.1, 0.15) is 12.4 Å². The second kappa shape index (κ2) is 9.75. The lowest BCUT2D eigenvalue weighted by Gasteiger charge is -2.13. The minimum Gasteiger partial charge on any atom is -0.435 e. The number of carbonyl (C=O) groups is 2. The summed E-state index contributed by atoms with van der Waals surface area (Å²) in [4.78, 5) is 44.2. The summed E-state index contributed by atoms with van der Waals surface area (Å²) in [6.07, 6.45) is 5.49. The summed E-state index contributed by atoms with van der Waals surface area (Å²) in [7, 11) is 0. The smallest absolute Gasteiger partial charge is 0.426 e. The Bertz CT molecular complexity index is 1010. The van der Waals surface area contributed by atoms with E-state index in [1.54, 1.807) is 26.0 Å². The van der Waals surface area contributed by atoms with Crippen LogP contribution in [0.1, 0.15) is 17.0 Å². The van der Waals surface area contributed by atoms with E-state index in [0.29, 0.717) is 17.2 Å². The number of nitrogens with one attached hydrogen (secondary N) is 3. The lowest BCUT2D eigenvalue weighted by atomic mass is 10.2. The van der Waals surface area contributed by atoms with E-state index in [1.807, 2.05) is 0 Å². The van der Waals surface area contributed by atoms with Crippen LogP contribution in [0, 0.1) is 26.2 Å². The predicted octanol–water partition coefficient (Wildman–Crippen LogP) is -0.160. The van der Waals surface area contributed by atoms with Gasteiger partial charge in [0.25, 0.3) is 5.56 Å². The topological polar surface area (TPSA) is 153 Å². The molecule has 2 rings (SSSR count). The summed E-state index contributed by atoms with van der Waals surface area (Å²) in [6.45, 7) is 3.21. The van der Waals surface area contributed by atoms with E-state index in [1.165, 1.54) is 10.8 Å². The normalized spacial score (nSPS) is 9.97. The molecule has 0 unspecified atom stereocenters. The van der Waals surface area contributed by atoms with Crippen molar-refractivity contribution < 1.29 is 14.3 Å². The first-order valence-electron chi connectivity index (χ1n) is 8.49. The maximum atomic E-state index is 12.5. The van der Waals surface area contributed by atoms with Crippen molar-refractivity contribution in [3.05, 3.63) is 45.6 Å². The monoisotopic (exact) mass is 399 g/mol. The molecule has 0 radical (unpaired) electrons. The molecule has 0 aliphatic rings. The number of aromatic nitrogens is 3. The number of nitrogens with two attached hydrogens (primary N) is 1. The molecule has 11 heteroatoms. The molecule has 0 bridgehead atoms. The molecule has 152 valence electrons. The van der Waals surface area contributed by atoms with E-state index in [4.69, 9.17) is 12.2 Å². The second-order valence-corrected chi connectivity index (χ2v) is 5.93. The lowest BCUT2D eigenvalue weighted by molar-refractivity contribution is -0.121. The highest BCUT2D eigenvalue weighted by Crippen LogP contribution is 2.07. The van der Waals surface area contributed by atoms with Gasteiger partial charge in [-0.1, -0.05) is 12.0 Å². The number of anilines is 2. The molecule has 5 N–H and O–H groups in total. The quantitative estimate of drug-likeness (QED) is 0.370. The van der Waals surface area contributed by atoms with Crippen LogP contribution in [0.25, 0.3) is 0 Å². The number of hydrazine groups is 1. The molecule has 0 fully saturated rings. The van der Waals surface area contributed by atoms with Gasteiger partial charge in [0.2, 0.25) is 11.7 Å². The zero-order valence-electron chi connectivity index (χ0n) is 16.0. The minimum absolute atomic E-state index is 0.181. The number of hydrogen-bond donors (Lipinski definition) is 4. The third-order valence-corrected chi connectivity index (χ3v) is 3.82. The van der Waals surface area contributed by atoms with E-state index in [9.17, 15) is 14.4 Å². The summed E-state index contributed by atoms with van der Waals surface area (Å²) >= 11 is 0. The van der Waals surface area contributed by atoms with Crippen LogP contribution < -0.4 is 27.5 Å². The Balaban J connectivity index is 2.02. The second-order valence-electron chi connectivity index (χ2n) is 5.93. The molecular formula is C18H21N7O4. The van der Waals surface area contributed by atoms with Gasteiger partial charge in [-0.2, -0.15) is 0 Å².